The zero-order valence-corrected chi connectivity index (χ0v) is 7.29. The third-order valence-electron chi connectivity index (χ3n) is 1.76. The molecule has 0 saturated carbocycles. The zero-order valence-electron chi connectivity index (χ0n) is 7.29. The third kappa shape index (κ3) is 1.45. The summed E-state index contributed by atoms with van der Waals surface area (Å²) in [5.41, 5.74) is 3.69. The Morgan fingerprint density at radius 1 is 1.75 bits per heavy atom. The molecule has 0 aromatic carbocycles. The lowest BCUT2D eigenvalue weighted by Gasteiger charge is -2.16. The molecule has 0 aliphatic carbocycles. The first-order valence-corrected chi connectivity index (χ1v) is 3.89. The topological polar surface area (TPSA) is 56.7 Å². The van der Waals surface area contributed by atoms with Crippen molar-refractivity contribution < 1.29 is 4.39 Å². The lowest BCUT2D eigenvalue weighted by molar-refractivity contribution is 0.180. The van der Waals surface area contributed by atoms with Crippen LogP contribution < -0.4 is 5.73 Å². The van der Waals surface area contributed by atoms with E-state index in [-0.39, 0.29) is 6.54 Å². The summed E-state index contributed by atoms with van der Waals surface area (Å²) < 4.78 is 15.1. The lowest BCUT2D eigenvalue weighted by atomic mass is 10.1. The molecular weight excluding hydrogens is 159 g/mol. The van der Waals surface area contributed by atoms with E-state index < -0.39 is 5.67 Å². The highest BCUT2D eigenvalue weighted by molar-refractivity contribution is 4.99. The van der Waals surface area contributed by atoms with Crippen LogP contribution in [0.15, 0.2) is 6.33 Å². The van der Waals surface area contributed by atoms with E-state index in [1.807, 2.05) is 6.92 Å². The van der Waals surface area contributed by atoms with Crippen LogP contribution in [0.25, 0.3) is 0 Å². The van der Waals surface area contributed by atoms with Crippen molar-refractivity contribution in [1.29, 1.82) is 0 Å². The van der Waals surface area contributed by atoms with Crippen molar-refractivity contribution in [1.82, 2.24) is 14.8 Å². The van der Waals surface area contributed by atoms with Crippen LogP contribution in [0.3, 0.4) is 0 Å². The Morgan fingerprint density at radius 3 is 2.92 bits per heavy atom. The molecule has 1 aromatic heterocycles. The Hall–Kier alpha value is -0.970. The van der Waals surface area contributed by atoms with E-state index in [0.29, 0.717) is 12.4 Å². The smallest absolute Gasteiger partial charge is 0.179 e. The minimum atomic E-state index is -1.58. The van der Waals surface area contributed by atoms with Crippen molar-refractivity contribution in [2.75, 3.05) is 6.54 Å². The molecule has 0 fully saturated rings. The van der Waals surface area contributed by atoms with E-state index in [4.69, 9.17) is 5.73 Å². The number of aryl methyl sites for hydroxylation is 1. The van der Waals surface area contributed by atoms with Crippen LogP contribution in [0, 0.1) is 0 Å². The van der Waals surface area contributed by atoms with Gasteiger partial charge in [-0.2, -0.15) is 5.10 Å². The van der Waals surface area contributed by atoms with E-state index in [9.17, 15) is 4.39 Å². The molecule has 0 aliphatic rings. The van der Waals surface area contributed by atoms with E-state index in [2.05, 4.69) is 10.1 Å². The second kappa shape index (κ2) is 3.18. The molecule has 0 saturated heterocycles. The molecule has 5 heteroatoms. The van der Waals surface area contributed by atoms with Gasteiger partial charge in [-0.15, -0.1) is 0 Å². The third-order valence-corrected chi connectivity index (χ3v) is 1.76. The van der Waals surface area contributed by atoms with E-state index in [1.54, 1.807) is 0 Å². The van der Waals surface area contributed by atoms with Crippen molar-refractivity contribution in [3.8, 4) is 0 Å². The quantitative estimate of drug-likeness (QED) is 0.719. The predicted molar refractivity (Wildman–Crippen MR) is 43.2 cm³/mol. The molecule has 68 valence electrons. The minimum absolute atomic E-state index is 0.0777. The maximum atomic E-state index is 13.6. The van der Waals surface area contributed by atoms with Crippen molar-refractivity contribution in [3.63, 3.8) is 0 Å². The summed E-state index contributed by atoms with van der Waals surface area (Å²) in [4.78, 5) is 3.83. The molecular formula is C7H13FN4. The molecule has 0 aliphatic heterocycles. The molecule has 1 rings (SSSR count). The second-order valence-electron chi connectivity index (χ2n) is 2.80. The van der Waals surface area contributed by atoms with Gasteiger partial charge < -0.3 is 5.73 Å². The van der Waals surface area contributed by atoms with Gasteiger partial charge in [-0.1, -0.05) is 0 Å². The highest BCUT2D eigenvalue weighted by Gasteiger charge is 2.29. The fourth-order valence-corrected chi connectivity index (χ4v) is 0.991. The molecule has 2 N–H and O–H groups in total. The summed E-state index contributed by atoms with van der Waals surface area (Å²) in [6.45, 7) is 3.81. The minimum Gasteiger partial charge on any atom is -0.327 e. The van der Waals surface area contributed by atoms with Gasteiger partial charge in [0.2, 0.25) is 0 Å². The molecule has 4 nitrogen and oxygen atoms in total. The maximum Gasteiger partial charge on any atom is 0.179 e. The normalized spacial score (nSPS) is 16.0. The number of alkyl halides is 1. The number of nitrogens with two attached hydrogens (primary N) is 1. The number of nitrogens with zero attached hydrogens (tertiary/aromatic N) is 3. The average Bonchev–Trinajstić information content (AvgIpc) is 2.52. The molecule has 0 bridgehead atoms. The average molecular weight is 172 g/mol. The first-order valence-electron chi connectivity index (χ1n) is 3.89. The summed E-state index contributed by atoms with van der Waals surface area (Å²) in [6.07, 6.45) is 1.34. The van der Waals surface area contributed by atoms with Crippen molar-refractivity contribution in [2.45, 2.75) is 26.1 Å². The van der Waals surface area contributed by atoms with E-state index in [0.717, 1.165) is 0 Å². The predicted octanol–water partition coefficient (Wildman–Crippen LogP) is 0.441. The van der Waals surface area contributed by atoms with Crippen molar-refractivity contribution in [2.24, 2.45) is 5.73 Å². The lowest BCUT2D eigenvalue weighted by Crippen LogP contribution is -2.30. The highest BCUT2D eigenvalue weighted by Crippen LogP contribution is 2.20. The van der Waals surface area contributed by atoms with Crippen LogP contribution in [0.4, 0.5) is 4.39 Å². The second-order valence-corrected chi connectivity index (χ2v) is 2.80. The Kier molecular flexibility index (Phi) is 2.42. The van der Waals surface area contributed by atoms with Gasteiger partial charge in [0.15, 0.2) is 11.5 Å². The van der Waals surface area contributed by atoms with Gasteiger partial charge in [-0.3, -0.25) is 0 Å². The van der Waals surface area contributed by atoms with Gasteiger partial charge in [0.1, 0.15) is 6.33 Å². The number of hydrogen-bond acceptors (Lipinski definition) is 3. The molecule has 0 amide bonds. The summed E-state index contributed by atoms with van der Waals surface area (Å²) in [7, 11) is 0. The van der Waals surface area contributed by atoms with Gasteiger partial charge in [0, 0.05) is 13.1 Å². The molecule has 1 aromatic rings. The molecule has 0 spiro atoms. The summed E-state index contributed by atoms with van der Waals surface area (Å²) in [5.74, 6) is 0.299. The summed E-state index contributed by atoms with van der Waals surface area (Å²) in [6, 6.07) is 0. The SMILES string of the molecule is CCn1ncnc1C(C)(F)CN. The van der Waals surface area contributed by atoms with Gasteiger partial charge in [-0.25, -0.2) is 14.1 Å². The maximum absolute atomic E-state index is 13.6. The Bertz CT molecular complexity index is 256. The van der Waals surface area contributed by atoms with Crippen molar-refractivity contribution >= 4 is 0 Å². The van der Waals surface area contributed by atoms with E-state index in [1.165, 1.54) is 17.9 Å². The van der Waals surface area contributed by atoms with Gasteiger partial charge in [-0.05, 0) is 13.8 Å². The number of aromatic nitrogens is 3. The Morgan fingerprint density at radius 2 is 2.42 bits per heavy atom. The number of rotatable bonds is 3. The molecule has 1 heterocycles. The molecule has 0 radical (unpaired) electrons. The van der Waals surface area contributed by atoms with Crippen LogP contribution in [0.2, 0.25) is 0 Å². The number of hydrogen-bond donors (Lipinski definition) is 1. The first-order chi connectivity index (χ1) is 5.61. The summed E-state index contributed by atoms with van der Waals surface area (Å²) >= 11 is 0. The van der Waals surface area contributed by atoms with Gasteiger partial charge >= 0.3 is 0 Å². The largest absolute Gasteiger partial charge is 0.327 e. The fraction of sp³-hybridized carbons (Fsp3) is 0.714. The van der Waals surface area contributed by atoms with Gasteiger partial charge in [0.05, 0.1) is 0 Å². The van der Waals surface area contributed by atoms with Crippen LogP contribution >= 0.6 is 0 Å². The number of halogens is 1. The fourth-order valence-electron chi connectivity index (χ4n) is 0.991. The monoisotopic (exact) mass is 172 g/mol. The van der Waals surface area contributed by atoms with Crippen molar-refractivity contribution in [3.05, 3.63) is 12.2 Å². The van der Waals surface area contributed by atoms with Crippen LogP contribution in [-0.4, -0.2) is 21.3 Å². The van der Waals surface area contributed by atoms with Crippen LogP contribution in [0.1, 0.15) is 19.7 Å². The molecule has 1 atom stereocenters. The Labute approximate surface area is 70.6 Å². The molecule has 12 heavy (non-hydrogen) atoms. The standard InChI is InChI=1S/C7H13FN4/c1-3-12-6(10-5-11-12)7(2,8)4-9/h5H,3-4,9H2,1-2H3. The summed E-state index contributed by atoms with van der Waals surface area (Å²) in [5, 5.41) is 3.86. The molecule has 1 unspecified atom stereocenters. The van der Waals surface area contributed by atoms with E-state index >= 15 is 0 Å². The van der Waals surface area contributed by atoms with Crippen LogP contribution in [0.5, 0.6) is 0 Å². The Balaban J connectivity index is 3.00. The van der Waals surface area contributed by atoms with Gasteiger partial charge in [0.25, 0.3) is 0 Å². The zero-order chi connectivity index (χ0) is 9.19. The highest BCUT2D eigenvalue weighted by atomic mass is 19.1. The first kappa shape index (κ1) is 9.12. The van der Waals surface area contributed by atoms with Crippen LogP contribution in [-0.2, 0) is 12.2 Å².